The van der Waals surface area contributed by atoms with Gasteiger partial charge in [0.1, 0.15) is 5.75 Å². The van der Waals surface area contributed by atoms with Gasteiger partial charge < -0.3 is 20.7 Å². The van der Waals surface area contributed by atoms with Gasteiger partial charge in [-0.15, -0.1) is 0 Å². The second kappa shape index (κ2) is 5.53. The third kappa shape index (κ3) is 3.38. The van der Waals surface area contributed by atoms with E-state index in [1.54, 1.807) is 24.3 Å². The maximum absolute atomic E-state index is 11.8. The third-order valence-electron chi connectivity index (χ3n) is 3.27. The van der Waals surface area contributed by atoms with Crippen molar-refractivity contribution in [2.75, 3.05) is 0 Å². The number of carbonyl (C=O) groups excluding carboxylic acids is 1. The number of phenols is 1. The fourth-order valence-electron chi connectivity index (χ4n) is 1.93. The molecule has 1 atom stereocenters. The normalized spacial score (nSPS) is 15.7. The van der Waals surface area contributed by atoms with E-state index < -0.39 is 6.04 Å². The summed E-state index contributed by atoms with van der Waals surface area (Å²) in [6.07, 6.45) is 2.47. The van der Waals surface area contributed by atoms with Gasteiger partial charge in [0.05, 0.1) is 6.04 Å². The van der Waals surface area contributed by atoms with E-state index in [1.165, 1.54) is 0 Å². The average Bonchev–Trinajstić information content (AvgIpc) is 3.14. The van der Waals surface area contributed by atoms with Crippen molar-refractivity contribution >= 4 is 5.91 Å². The van der Waals surface area contributed by atoms with E-state index in [2.05, 4.69) is 15.5 Å². The molecule has 1 aliphatic carbocycles. The Morgan fingerprint density at radius 2 is 2.14 bits per heavy atom. The smallest absolute Gasteiger partial charge is 0.292 e. The number of nitrogens with zero attached hydrogens (tertiary/aromatic N) is 2. The molecule has 1 amide bonds. The van der Waals surface area contributed by atoms with Gasteiger partial charge in [-0.3, -0.25) is 4.79 Å². The summed E-state index contributed by atoms with van der Waals surface area (Å²) < 4.78 is 5.05. The van der Waals surface area contributed by atoms with Crippen LogP contribution in [0.5, 0.6) is 5.75 Å². The SMILES string of the molecule is N[C@@H](Cc1ccc(O)cc1)c1nc(C(=O)NC2CC2)no1. The highest BCUT2D eigenvalue weighted by molar-refractivity contribution is 5.90. The highest BCUT2D eigenvalue weighted by Crippen LogP contribution is 2.20. The van der Waals surface area contributed by atoms with Crippen molar-refractivity contribution < 1.29 is 14.4 Å². The Bertz CT molecular complexity index is 634. The van der Waals surface area contributed by atoms with Crippen LogP contribution >= 0.6 is 0 Å². The van der Waals surface area contributed by atoms with Crippen molar-refractivity contribution in [1.29, 1.82) is 0 Å². The Morgan fingerprint density at radius 3 is 2.81 bits per heavy atom. The van der Waals surface area contributed by atoms with E-state index in [-0.39, 0.29) is 29.4 Å². The van der Waals surface area contributed by atoms with Crippen LogP contribution in [0.1, 0.15) is 41.0 Å². The molecular weight excluding hydrogens is 272 g/mol. The van der Waals surface area contributed by atoms with Crippen molar-refractivity contribution in [3.63, 3.8) is 0 Å². The Morgan fingerprint density at radius 1 is 1.43 bits per heavy atom. The van der Waals surface area contributed by atoms with E-state index in [0.717, 1.165) is 18.4 Å². The second-order valence-electron chi connectivity index (χ2n) is 5.18. The number of aromatic nitrogens is 2. The van der Waals surface area contributed by atoms with Gasteiger partial charge in [0.2, 0.25) is 5.89 Å². The first-order valence-corrected chi connectivity index (χ1v) is 6.80. The van der Waals surface area contributed by atoms with Crippen LogP contribution in [0, 0.1) is 0 Å². The lowest BCUT2D eigenvalue weighted by Gasteiger charge is -2.06. The van der Waals surface area contributed by atoms with Crippen LogP contribution in [-0.2, 0) is 6.42 Å². The van der Waals surface area contributed by atoms with Crippen LogP contribution in [0.25, 0.3) is 0 Å². The topological polar surface area (TPSA) is 114 Å². The molecule has 1 saturated carbocycles. The van der Waals surface area contributed by atoms with Crippen LogP contribution in [0.4, 0.5) is 0 Å². The minimum Gasteiger partial charge on any atom is -0.508 e. The van der Waals surface area contributed by atoms with Crippen LogP contribution in [-0.4, -0.2) is 27.2 Å². The van der Waals surface area contributed by atoms with E-state index in [0.29, 0.717) is 6.42 Å². The van der Waals surface area contributed by atoms with Crippen molar-refractivity contribution in [2.24, 2.45) is 5.73 Å². The second-order valence-corrected chi connectivity index (χ2v) is 5.18. The summed E-state index contributed by atoms with van der Waals surface area (Å²) in [6.45, 7) is 0. The fourth-order valence-corrected chi connectivity index (χ4v) is 1.93. The van der Waals surface area contributed by atoms with Crippen molar-refractivity contribution in [1.82, 2.24) is 15.5 Å². The zero-order chi connectivity index (χ0) is 14.8. The number of aromatic hydroxyl groups is 1. The quantitative estimate of drug-likeness (QED) is 0.753. The molecule has 2 aromatic rings. The maximum atomic E-state index is 11.8. The molecule has 1 heterocycles. The molecule has 1 aromatic heterocycles. The molecule has 7 nitrogen and oxygen atoms in total. The number of nitrogens with one attached hydrogen (secondary N) is 1. The largest absolute Gasteiger partial charge is 0.508 e. The maximum Gasteiger partial charge on any atom is 0.292 e. The average molecular weight is 288 g/mol. The molecule has 110 valence electrons. The molecule has 7 heteroatoms. The number of nitrogens with two attached hydrogens (primary N) is 1. The Kier molecular flexibility index (Phi) is 3.57. The van der Waals surface area contributed by atoms with Crippen LogP contribution < -0.4 is 11.1 Å². The highest BCUT2D eigenvalue weighted by atomic mass is 16.5. The number of phenolic OH excluding ortho intramolecular Hbond substituents is 1. The molecule has 0 unspecified atom stereocenters. The minimum atomic E-state index is -0.496. The molecule has 3 rings (SSSR count). The molecule has 1 fully saturated rings. The van der Waals surface area contributed by atoms with Crippen LogP contribution in [0.2, 0.25) is 0 Å². The van der Waals surface area contributed by atoms with Gasteiger partial charge in [-0.1, -0.05) is 17.3 Å². The zero-order valence-corrected chi connectivity index (χ0v) is 11.3. The molecule has 0 aliphatic heterocycles. The minimum absolute atomic E-state index is 0.0121. The lowest BCUT2D eigenvalue weighted by Crippen LogP contribution is -2.26. The molecule has 0 bridgehead atoms. The Labute approximate surface area is 121 Å². The monoisotopic (exact) mass is 288 g/mol. The van der Waals surface area contributed by atoms with E-state index >= 15 is 0 Å². The third-order valence-corrected chi connectivity index (χ3v) is 3.27. The number of carbonyl (C=O) groups is 1. The van der Waals surface area contributed by atoms with Crippen molar-refractivity contribution in [3.05, 3.63) is 41.5 Å². The Balaban J connectivity index is 1.64. The summed E-state index contributed by atoms with van der Waals surface area (Å²) in [5.74, 6) is 0.107. The first-order chi connectivity index (χ1) is 10.1. The Hall–Kier alpha value is -2.41. The van der Waals surface area contributed by atoms with Crippen LogP contribution in [0.3, 0.4) is 0 Å². The van der Waals surface area contributed by atoms with E-state index in [4.69, 9.17) is 10.3 Å². The van der Waals surface area contributed by atoms with E-state index in [1.807, 2.05) is 0 Å². The van der Waals surface area contributed by atoms with Gasteiger partial charge in [-0.2, -0.15) is 4.98 Å². The number of amides is 1. The van der Waals surface area contributed by atoms with Crippen LogP contribution in [0.15, 0.2) is 28.8 Å². The first kappa shape index (κ1) is 13.6. The van der Waals surface area contributed by atoms with Gasteiger partial charge >= 0.3 is 0 Å². The molecule has 21 heavy (non-hydrogen) atoms. The summed E-state index contributed by atoms with van der Waals surface area (Å²) in [6, 6.07) is 6.46. The van der Waals surface area contributed by atoms with Gasteiger partial charge in [-0.05, 0) is 37.0 Å². The summed E-state index contributed by atoms with van der Waals surface area (Å²) in [5.41, 5.74) is 6.93. The van der Waals surface area contributed by atoms with Gasteiger partial charge in [-0.25, -0.2) is 0 Å². The molecule has 0 saturated heterocycles. The number of hydrogen-bond donors (Lipinski definition) is 3. The molecular formula is C14H16N4O3. The molecule has 0 spiro atoms. The summed E-state index contributed by atoms with van der Waals surface area (Å²) in [4.78, 5) is 15.8. The highest BCUT2D eigenvalue weighted by Gasteiger charge is 2.26. The van der Waals surface area contributed by atoms with E-state index in [9.17, 15) is 9.90 Å². The fraction of sp³-hybridized carbons (Fsp3) is 0.357. The number of hydrogen-bond acceptors (Lipinski definition) is 6. The predicted octanol–water partition coefficient (Wildman–Crippen LogP) is 0.910. The van der Waals surface area contributed by atoms with Crippen molar-refractivity contribution in [2.45, 2.75) is 31.3 Å². The number of benzene rings is 1. The van der Waals surface area contributed by atoms with Gasteiger partial charge in [0.15, 0.2) is 0 Å². The zero-order valence-electron chi connectivity index (χ0n) is 11.3. The predicted molar refractivity (Wildman–Crippen MR) is 73.5 cm³/mol. The van der Waals surface area contributed by atoms with Gasteiger partial charge in [0.25, 0.3) is 11.7 Å². The molecule has 0 radical (unpaired) electrons. The number of rotatable bonds is 5. The lowest BCUT2D eigenvalue weighted by atomic mass is 10.1. The standard InChI is InChI=1S/C14H16N4O3/c15-11(7-8-1-5-10(19)6-2-8)14-17-12(18-21-14)13(20)16-9-3-4-9/h1-2,5-6,9,11,19H,3-4,7,15H2,(H,16,20)/t11-/m0/s1. The molecule has 1 aliphatic rings. The summed E-state index contributed by atoms with van der Waals surface area (Å²) >= 11 is 0. The van der Waals surface area contributed by atoms with Crippen molar-refractivity contribution in [3.8, 4) is 5.75 Å². The lowest BCUT2D eigenvalue weighted by molar-refractivity contribution is 0.0937. The summed E-state index contributed by atoms with van der Waals surface area (Å²) in [5, 5.41) is 15.7. The van der Waals surface area contributed by atoms with Gasteiger partial charge in [0, 0.05) is 6.04 Å². The first-order valence-electron chi connectivity index (χ1n) is 6.80. The summed E-state index contributed by atoms with van der Waals surface area (Å²) in [7, 11) is 0. The molecule has 4 N–H and O–H groups in total. The molecule has 1 aromatic carbocycles.